The Hall–Kier alpha value is -2.38. The number of piperidine rings is 1. The van der Waals surface area contributed by atoms with Gasteiger partial charge in [-0.05, 0) is 74.8 Å². The van der Waals surface area contributed by atoms with Crippen molar-refractivity contribution < 1.29 is 13.2 Å². The topological polar surface area (TPSA) is 69.7 Å². The summed E-state index contributed by atoms with van der Waals surface area (Å²) in [5, 5.41) is 0. The minimum atomic E-state index is -3.60. The van der Waals surface area contributed by atoms with Crippen LogP contribution in [-0.2, 0) is 21.4 Å². The molecule has 2 fully saturated rings. The normalized spacial score (nSPS) is 17.8. The van der Waals surface area contributed by atoms with E-state index in [1.807, 2.05) is 31.2 Å². The van der Waals surface area contributed by atoms with Crippen molar-refractivity contribution in [2.24, 2.45) is 5.92 Å². The fourth-order valence-corrected chi connectivity index (χ4v) is 6.91. The van der Waals surface area contributed by atoms with Gasteiger partial charge in [-0.1, -0.05) is 62.4 Å². The maximum Gasteiger partial charge on any atom is 0.261 e. The van der Waals surface area contributed by atoms with Crippen LogP contribution in [0.2, 0.25) is 0 Å². The number of aryl methyl sites for hydroxylation is 1. The predicted octanol–water partition coefficient (Wildman–Crippen LogP) is 6.36. The number of carbonyl (C=O) groups excluding carboxylic acids is 1. The molecule has 1 aliphatic heterocycles. The molecule has 2 aromatic rings. The van der Waals surface area contributed by atoms with E-state index in [0.717, 1.165) is 69.4 Å². The molecule has 0 radical (unpaired) electrons. The Balaban J connectivity index is 1.28. The average molecular weight is 540 g/mol. The number of carbonyl (C=O) groups is 1. The summed E-state index contributed by atoms with van der Waals surface area (Å²) in [6.07, 6.45) is 11.3. The number of nitrogens with one attached hydrogen (secondary N) is 1. The molecule has 1 N–H and O–H groups in total. The lowest BCUT2D eigenvalue weighted by Crippen LogP contribution is -2.48. The van der Waals surface area contributed by atoms with Crippen LogP contribution in [-0.4, -0.2) is 49.8 Å². The molecule has 4 rings (SSSR count). The predicted molar refractivity (Wildman–Crippen MR) is 155 cm³/mol. The van der Waals surface area contributed by atoms with E-state index < -0.39 is 10.0 Å². The highest BCUT2D eigenvalue weighted by atomic mass is 32.2. The lowest BCUT2D eigenvalue weighted by Gasteiger charge is -2.39. The van der Waals surface area contributed by atoms with Crippen LogP contribution >= 0.6 is 0 Å². The van der Waals surface area contributed by atoms with Crippen LogP contribution in [0.15, 0.2) is 53.4 Å². The summed E-state index contributed by atoms with van der Waals surface area (Å²) in [4.78, 5) is 18.2. The summed E-state index contributed by atoms with van der Waals surface area (Å²) in [5.41, 5.74) is 2.76. The summed E-state index contributed by atoms with van der Waals surface area (Å²) in [7, 11) is -3.60. The molecule has 0 atom stereocenters. The number of likely N-dealkylation sites (tertiary alicyclic amines) is 1. The monoisotopic (exact) mass is 539 g/mol. The first-order chi connectivity index (χ1) is 18.3. The molecule has 2 aliphatic rings. The number of hydrogen-bond donors (Lipinski definition) is 1. The first kappa shape index (κ1) is 28.6. The fourth-order valence-electron chi connectivity index (χ4n) is 5.85. The van der Waals surface area contributed by atoms with Gasteiger partial charge in [0, 0.05) is 44.3 Å². The summed E-state index contributed by atoms with van der Waals surface area (Å²) < 4.78 is 28.0. The molecule has 208 valence electrons. The molecule has 0 bridgehead atoms. The third-order valence-corrected chi connectivity index (χ3v) is 9.60. The van der Waals surface area contributed by atoms with Crippen molar-refractivity contribution in [2.45, 2.75) is 95.5 Å². The van der Waals surface area contributed by atoms with E-state index in [4.69, 9.17) is 0 Å². The second-order valence-corrected chi connectivity index (χ2v) is 13.0. The van der Waals surface area contributed by atoms with Gasteiger partial charge in [-0.3, -0.25) is 14.4 Å². The van der Waals surface area contributed by atoms with E-state index in [1.165, 1.54) is 32.1 Å². The van der Waals surface area contributed by atoms with Gasteiger partial charge in [0.1, 0.15) is 0 Å². The molecule has 7 heteroatoms. The van der Waals surface area contributed by atoms with E-state index in [1.54, 1.807) is 24.3 Å². The highest BCUT2D eigenvalue weighted by Gasteiger charge is 2.29. The Morgan fingerprint density at radius 1 is 0.947 bits per heavy atom. The molecule has 2 aromatic carbocycles. The number of amides is 1. The fraction of sp³-hybridized carbons (Fsp3) is 0.581. The molecule has 0 spiro atoms. The van der Waals surface area contributed by atoms with Crippen LogP contribution in [0.25, 0.3) is 0 Å². The number of anilines is 1. The lowest BCUT2D eigenvalue weighted by molar-refractivity contribution is -0.136. The van der Waals surface area contributed by atoms with Gasteiger partial charge in [0.15, 0.2) is 0 Å². The molecule has 6 nitrogen and oxygen atoms in total. The standard InChI is InChI=1S/C31H45N3O3S/c1-3-4-20-34(31(35)23-26-8-6-5-7-9-26)29-18-21-33(22-19-29)24-27-12-14-28(15-13-27)32-38(36,37)30-16-10-25(2)11-17-30/h10-17,26,29,32H,3-9,18-24H2,1-2H3. The van der Waals surface area contributed by atoms with Crippen LogP contribution in [0.5, 0.6) is 0 Å². The molecule has 0 aromatic heterocycles. The highest BCUT2D eigenvalue weighted by Crippen LogP contribution is 2.28. The van der Waals surface area contributed by atoms with Crippen LogP contribution in [0.3, 0.4) is 0 Å². The number of benzene rings is 2. The van der Waals surface area contributed by atoms with E-state index in [2.05, 4.69) is 21.4 Å². The van der Waals surface area contributed by atoms with Gasteiger partial charge in [-0.15, -0.1) is 0 Å². The zero-order chi connectivity index (χ0) is 27.0. The van der Waals surface area contributed by atoms with Gasteiger partial charge in [0.25, 0.3) is 10.0 Å². The Morgan fingerprint density at radius 2 is 1.61 bits per heavy atom. The van der Waals surface area contributed by atoms with Crippen molar-refractivity contribution in [2.75, 3.05) is 24.4 Å². The van der Waals surface area contributed by atoms with Crippen molar-refractivity contribution in [3.8, 4) is 0 Å². The van der Waals surface area contributed by atoms with Crippen LogP contribution in [0, 0.1) is 12.8 Å². The SMILES string of the molecule is CCCCN(C(=O)CC1CCCCC1)C1CCN(Cc2ccc(NS(=O)(=O)c3ccc(C)cc3)cc2)CC1. The molecule has 1 saturated heterocycles. The number of hydrogen-bond acceptors (Lipinski definition) is 4. The van der Waals surface area contributed by atoms with E-state index in [9.17, 15) is 13.2 Å². The van der Waals surface area contributed by atoms with Gasteiger partial charge >= 0.3 is 0 Å². The van der Waals surface area contributed by atoms with Gasteiger partial charge in [-0.2, -0.15) is 0 Å². The van der Waals surface area contributed by atoms with Crippen molar-refractivity contribution in [1.29, 1.82) is 0 Å². The van der Waals surface area contributed by atoms with Gasteiger partial charge in [0.2, 0.25) is 5.91 Å². The minimum absolute atomic E-state index is 0.264. The Labute approximate surface area is 229 Å². The molecular formula is C31H45N3O3S. The third-order valence-electron chi connectivity index (χ3n) is 8.20. The van der Waals surface area contributed by atoms with Crippen molar-refractivity contribution in [1.82, 2.24) is 9.80 Å². The summed E-state index contributed by atoms with van der Waals surface area (Å²) in [6.45, 7) is 7.82. The maximum atomic E-state index is 13.3. The molecule has 0 unspecified atom stereocenters. The Bertz CT molecular complexity index is 1120. The molecule has 1 amide bonds. The van der Waals surface area contributed by atoms with Crippen molar-refractivity contribution >= 4 is 21.6 Å². The van der Waals surface area contributed by atoms with Gasteiger partial charge in [0.05, 0.1) is 4.90 Å². The first-order valence-electron chi connectivity index (χ1n) is 14.5. The Kier molecular flexibility index (Phi) is 10.3. The Morgan fingerprint density at radius 3 is 2.24 bits per heavy atom. The second kappa shape index (κ2) is 13.6. The zero-order valence-electron chi connectivity index (χ0n) is 23.2. The highest BCUT2D eigenvalue weighted by molar-refractivity contribution is 7.92. The van der Waals surface area contributed by atoms with Crippen molar-refractivity contribution in [3.63, 3.8) is 0 Å². The van der Waals surface area contributed by atoms with Crippen LogP contribution in [0.1, 0.15) is 82.3 Å². The molecule has 1 saturated carbocycles. The number of rotatable bonds is 11. The van der Waals surface area contributed by atoms with Crippen LogP contribution in [0.4, 0.5) is 5.69 Å². The van der Waals surface area contributed by atoms with Crippen molar-refractivity contribution in [3.05, 3.63) is 59.7 Å². The van der Waals surface area contributed by atoms with Gasteiger partial charge < -0.3 is 4.90 Å². The maximum absolute atomic E-state index is 13.3. The van der Waals surface area contributed by atoms with E-state index >= 15 is 0 Å². The molecular weight excluding hydrogens is 494 g/mol. The lowest BCUT2D eigenvalue weighted by atomic mass is 9.86. The zero-order valence-corrected chi connectivity index (χ0v) is 24.0. The smallest absolute Gasteiger partial charge is 0.261 e. The minimum Gasteiger partial charge on any atom is -0.340 e. The van der Waals surface area contributed by atoms with E-state index in [-0.39, 0.29) is 4.90 Å². The van der Waals surface area contributed by atoms with Gasteiger partial charge in [-0.25, -0.2) is 8.42 Å². The largest absolute Gasteiger partial charge is 0.340 e. The molecule has 1 aliphatic carbocycles. The molecule has 38 heavy (non-hydrogen) atoms. The number of unbranched alkanes of at least 4 members (excludes halogenated alkanes) is 1. The average Bonchev–Trinajstić information content (AvgIpc) is 2.91. The number of sulfonamides is 1. The van der Waals surface area contributed by atoms with Crippen LogP contribution < -0.4 is 4.72 Å². The first-order valence-corrected chi connectivity index (χ1v) is 16.0. The summed E-state index contributed by atoms with van der Waals surface area (Å²) in [6, 6.07) is 14.9. The second-order valence-electron chi connectivity index (χ2n) is 11.3. The quantitative estimate of drug-likeness (QED) is 0.361. The van der Waals surface area contributed by atoms with E-state index in [0.29, 0.717) is 23.6 Å². The molecule has 1 heterocycles. The third kappa shape index (κ3) is 8.06. The summed E-state index contributed by atoms with van der Waals surface area (Å²) >= 11 is 0. The number of nitrogens with zero attached hydrogens (tertiary/aromatic N) is 2. The summed E-state index contributed by atoms with van der Waals surface area (Å²) in [5.74, 6) is 0.970.